The van der Waals surface area contributed by atoms with Gasteiger partial charge in [-0.1, -0.05) is 17.0 Å². The minimum atomic E-state index is -0.495. The van der Waals surface area contributed by atoms with Crippen LogP contribution in [0.5, 0.6) is 0 Å². The van der Waals surface area contributed by atoms with Gasteiger partial charge in [-0.25, -0.2) is 4.98 Å². The van der Waals surface area contributed by atoms with E-state index in [1.807, 2.05) is 0 Å². The third-order valence-corrected chi connectivity index (χ3v) is 1.46. The van der Waals surface area contributed by atoms with Crippen molar-refractivity contribution < 1.29 is 4.39 Å². The van der Waals surface area contributed by atoms with E-state index in [0.717, 1.165) is 0 Å². The molecule has 0 unspecified atom stereocenters. The third-order valence-electron chi connectivity index (χ3n) is 1.46. The van der Waals surface area contributed by atoms with Gasteiger partial charge in [-0.05, 0) is 18.5 Å². The summed E-state index contributed by atoms with van der Waals surface area (Å²) in [4.78, 5) is 6.05. The van der Waals surface area contributed by atoms with E-state index in [9.17, 15) is 4.39 Å². The average Bonchev–Trinajstić information content (AvgIpc) is 2.18. The van der Waals surface area contributed by atoms with Crippen LogP contribution in [0.15, 0.2) is 17.4 Å². The molecule has 1 heterocycles. The smallest absolute Gasteiger partial charge is 0.215 e. The lowest BCUT2D eigenvalue weighted by Crippen LogP contribution is -1.88. The number of hydrogen-bond donors (Lipinski definition) is 0. The molecule has 0 aromatic carbocycles. The zero-order valence-electron chi connectivity index (χ0n) is 7.53. The summed E-state index contributed by atoms with van der Waals surface area (Å²) in [5.41, 5.74) is 9.03. The molecule has 1 aromatic rings. The number of aryl methyl sites for hydroxylation is 1. The van der Waals surface area contributed by atoms with Gasteiger partial charge in [-0.3, -0.25) is 0 Å². The van der Waals surface area contributed by atoms with Crippen molar-refractivity contribution in [2.75, 3.05) is 6.54 Å². The monoisotopic (exact) mass is 190 g/mol. The Kier molecular flexibility index (Phi) is 3.48. The van der Waals surface area contributed by atoms with Crippen LogP contribution in [0.3, 0.4) is 0 Å². The normalized spacial score (nSPS) is 8.43. The van der Waals surface area contributed by atoms with Gasteiger partial charge in [-0.2, -0.15) is 4.39 Å². The standard InChI is InChI=1S/C9H7FN4/c1-7-5-8(6-12-9(7)10)3-2-4-13-14-11/h5-6H,4H2,1H3. The van der Waals surface area contributed by atoms with Crippen LogP contribution in [0.1, 0.15) is 11.1 Å². The first-order valence-electron chi connectivity index (χ1n) is 3.86. The van der Waals surface area contributed by atoms with Gasteiger partial charge in [0.25, 0.3) is 0 Å². The summed E-state index contributed by atoms with van der Waals surface area (Å²) >= 11 is 0. The van der Waals surface area contributed by atoms with Crippen LogP contribution in [-0.2, 0) is 0 Å². The molecule has 0 aliphatic rings. The molecular formula is C9H7FN4. The van der Waals surface area contributed by atoms with E-state index in [-0.39, 0.29) is 6.54 Å². The lowest BCUT2D eigenvalue weighted by atomic mass is 10.2. The first-order chi connectivity index (χ1) is 6.74. The van der Waals surface area contributed by atoms with Crippen molar-refractivity contribution in [1.82, 2.24) is 4.98 Å². The number of pyridine rings is 1. The Bertz CT molecular complexity index is 438. The number of halogens is 1. The van der Waals surface area contributed by atoms with E-state index in [1.165, 1.54) is 6.20 Å². The van der Waals surface area contributed by atoms with Gasteiger partial charge in [0.05, 0.1) is 6.54 Å². The molecule has 0 amide bonds. The number of aromatic nitrogens is 1. The lowest BCUT2D eigenvalue weighted by molar-refractivity contribution is 0.574. The van der Waals surface area contributed by atoms with Crippen molar-refractivity contribution in [3.8, 4) is 11.8 Å². The van der Waals surface area contributed by atoms with Gasteiger partial charge in [0.2, 0.25) is 5.95 Å². The summed E-state index contributed by atoms with van der Waals surface area (Å²) < 4.78 is 12.7. The maximum absolute atomic E-state index is 12.7. The van der Waals surface area contributed by atoms with Gasteiger partial charge < -0.3 is 0 Å². The molecule has 14 heavy (non-hydrogen) atoms. The molecule has 5 heteroatoms. The fraction of sp³-hybridized carbons (Fsp3) is 0.222. The Morgan fingerprint density at radius 2 is 2.50 bits per heavy atom. The highest BCUT2D eigenvalue weighted by Gasteiger charge is 1.97. The second kappa shape index (κ2) is 4.85. The summed E-state index contributed by atoms with van der Waals surface area (Å²) in [6.45, 7) is 1.72. The highest BCUT2D eigenvalue weighted by molar-refractivity contribution is 5.34. The first kappa shape index (κ1) is 10.0. The topological polar surface area (TPSA) is 61.7 Å². The van der Waals surface area contributed by atoms with Crippen molar-refractivity contribution in [1.29, 1.82) is 0 Å². The van der Waals surface area contributed by atoms with E-state index >= 15 is 0 Å². The minimum absolute atomic E-state index is 0.104. The summed E-state index contributed by atoms with van der Waals surface area (Å²) in [6, 6.07) is 1.59. The molecule has 0 bridgehead atoms. The van der Waals surface area contributed by atoms with Gasteiger partial charge in [0, 0.05) is 22.2 Å². The van der Waals surface area contributed by atoms with E-state index < -0.39 is 5.95 Å². The van der Waals surface area contributed by atoms with E-state index in [1.54, 1.807) is 13.0 Å². The maximum atomic E-state index is 12.7. The lowest BCUT2D eigenvalue weighted by Gasteiger charge is -1.94. The Morgan fingerprint density at radius 1 is 1.71 bits per heavy atom. The van der Waals surface area contributed by atoms with Crippen LogP contribution in [0.4, 0.5) is 4.39 Å². The fourth-order valence-electron chi connectivity index (χ4n) is 0.835. The highest BCUT2D eigenvalue weighted by atomic mass is 19.1. The van der Waals surface area contributed by atoms with Gasteiger partial charge in [0.1, 0.15) is 0 Å². The van der Waals surface area contributed by atoms with Crippen molar-refractivity contribution in [2.45, 2.75) is 6.92 Å². The molecular weight excluding hydrogens is 183 g/mol. The zero-order chi connectivity index (χ0) is 10.4. The minimum Gasteiger partial charge on any atom is -0.227 e. The van der Waals surface area contributed by atoms with Crippen molar-refractivity contribution in [2.24, 2.45) is 5.11 Å². The second-order valence-corrected chi connectivity index (χ2v) is 2.52. The number of nitrogens with zero attached hydrogens (tertiary/aromatic N) is 4. The van der Waals surface area contributed by atoms with Crippen LogP contribution in [0, 0.1) is 24.7 Å². The molecule has 70 valence electrons. The molecule has 1 rings (SSSR count). The predicted molar refractivity (Wildman–Crippen MR) is 49.8 cm³/mol. The van der Waals surface area contributed by atoms with Crippen LogP contribution in [0.2, 0.25) is 0 Å². The summed E-state index contributed by atoms with van der Waals surface area (Å²) in [7, 11) is 0. The molecule has 4 nitrogen and oxygen atoms in total. The predicted octanol–water partition coefficient (Wildman–Crippen LogP) is 2.19. The molecule has 1 aromatic heterocycles. The number of rotatable bonds is 1. The first-order valence-corrected chi connectivity index (χ1v) is 3.86. The van der Waals surface area contributed by atoms with Gasteiger partial charge >= 0.3 is 0 Å². The molecule has 0 N–H and O–H groups in total. The highest BCUT2D eigenvalue weighted by Crippen LogP contribution is 2.04. The Hall–Kier alpha value is -2.05. The molecule has 0 saturated carbocycles. The zero-order valence-corrected chi connectivity index (χ0v) is 7.53. The molecule has 0 saturated heterocycles. The van der Waals surface area contributed by atoms with Crippen LogP contribution in [0.25, 0.3) is 10.4 Å². The largest absolute Gasteiger partial charge is 0.227 e. The Labute approximate surface area is 80.4 Å². The van der Waals surface area contributed by atoms with Gasteiger partial charge in [0.15, 0.2) is 0 Å². The fourth-order valence-corrected chi connectivity index (χ4v) is 0.835. The Balaban J connectivity index is 2.80. The van der Waals surface area contributed by atoms with Crippen molar-refractivity contribution in [3.63, 3.8) is 0 Å². The van der Waals surface area contributed by atoms with Crippen molar-refractivity contribution in [3.05, 3.63) is 39.8 Å². The third kappa shape index (κ3) is 2.77. The summed E-state index contributed by atoms with van der Waals surface area (Å²) in [6.07, 6.45) is 1.34. The molecule has 0 atom stereocenters. The summed E-state index contributed by atoms with van der Waals surface area (Å²) in [5.74, 6) is 4.83. The summed E-state index contributed by atoms with van der Waals surface area (Å²) in [5, 5.41) is 3.24. The number of azide groups is 1. The van der Waals surface area contributed by atoms with E-state index in [2.05, 4.69) is 26.9 Å². The Morgan fingerprint density at radius 3 is 3.14 bits per heavy atom. The van der Waals surface area contributed by atoms with Crippen LogP contribution in [-0.4, -0.2) is 11.5 Å². The van der Waals surface area contributed by atoms with E-state index in [0.29, 0.717) is 11.1 Å². The quantitative estimate of drug-likeness (QED) is 0.220. The molecule has 0 fully saturated rings. The van der Waals surface area contributed by atoms with Crippen LogP contribution >= 0.6 is 0 Å². The second-order valence-electron chi connectivity index (χ2n) is 2.52. The number of hydrogen-bond acceptors (Lipinski definition) is 2. The molecule has 0 aliphatic carbocycles. The van der Waals surface area contributed by atoms with Crippen molar-refractivity contribution >= 4 is 0 Å². The van der Waals surface area contributed by atoms with E-state index in [4.69, 9.17) is 5.53 Å². The maximum Gasteiger partial charge on any atom is 0.215 e. The molecule has 0 radical (unpaired) electrons. The van der Waals surface area contributed by atoms with Gasteiger partial charge in [-0.15, -0.1) is 0 Å². The SMILES string of the molecule is Cc1cc(C#CCN=[N+]=[N-])cnc1F. The molecule has 0 spiro atoms. The average molecular weight is 190 g/mol. The van der Waals surface area contributed by atoms with Crippen LogP contribution < -0.4 is 0 Å². The molecule has 0 aliphatic heterocycles.